The molecule has 0 aliphatic carbocycles. The van der Waals surface area contributed by atoms with Gasteiger partial charge in [-0.3, -0.25) is 9.59 Å². The molecule has 11 heteroatoms. The molecule has 0 spiro atoms. The van der Waals surface area contributed by atoms with Crippen molar-refractivity contribution in [3.05, 3.63) is 23.8 Å². The van der Waals surface area contributed by atoms with Gasteiger partial charge in [0, 0.05) is 6.54 Å². The second-order valence-corrected chi connectivity index (χ2v) is 4.73. The molecule has 22 heavy (non-hydrogen) atoms. The molecule has 0 bridgehead atoms. The molecule has 0 saturated carbocycles. The van der Waals surface area contributed by atoms with Gasteiger partial charge in [-0.15, -0.1) is 0 Å². The van der Waals surface area contributed by atoms with Crippen LogP contribution in [-0.4, -0.2) is 61.4 Å². The first kappa shape index (κ1) is 15.6. The third kappa shape index (κ3) is 3.85. The number of carbonyl (C=O) groups is 2. The Hall–Kier alpha value is -2.82. The molecule has 0 aliphatic rings. The fraction of sp³-hybridized carbons (Fsp3) is 0.455. The van der Waals surface area contributed by atoms with E-state index in [1.54, 1.807) is 6.92 Å². The number of carbonyl (C=O) groups excluding carboxylic acids is 2. The van der Waals surface area contributed by atoms with Gasteiger partial charge >= 0.3 is 0 Å². The average molecular weight is 307 g/mol. The molecule has 118 valence electrons. The molecule has 2 aromatic rings. The molecule has 0 radical (unpaired) electrons. The van der Waals surface area contributed by atoms with Gasteiger partial charge in [-0.1, -0.05) is 6.92 Å². The molecule has 5 N–H and O–H groups in total. The maximum Gasteiger partial charge on any atom is 0.275 e. The molecule has 0 fully saturated rings. The van der Waals surface area contributed by atoms with Crippen LogP contribution >= 0.6 is 0 Å². The Morgan fingerprint density at radius 1 is 1.09 bits per heavy atom. The second kappa shape index (κ2) is 6.76. The number of hydrogen-bond donors (Lipinski definition) is 5. The predicted molar refractivity (Wildman–Crippen MR) is 74.6 cm³/mol. The fourth-order valence-corrected chi connectivity index (χ4v) is 1.75. The Labute approximate surface area is 125 Å². The molecule has 2 heterocycles. The number of likely N-dealkylation sites (N-methyl/N-ethyl adjacent to an activating group) is 1. The summed E-state index contributed by atoms with van der Waals surface area (Å²) in [6, 6.07) is 0. The SMILES string of the molecule is CCNCC(C)(NC(=O)c1cn[nH]n1)NC(=O)c1cn[nH]n1. The second-order valence-electron chi connectivity index (χ2n) is 4.73. The molecule has 0 saturated heterocycles. The largest absolute Gasteiger partial charge is 0.327 e. The summed E-state index contributed by atoms with van der Waals surface area (Å²) >= 11 is 0. The van der Waals surface area contributed by atoms with E-state index in [4.69, 9.17) is 0 Å². The van der Waals surface area contributed by atoms with Gasteiger partial charge in [-0.25, -0.2) is 0 Å². The minimum absolute atomic E-state index is 0.124. The highest BCUT2D eigenvalue weighted by molar-refractivity contribution is 5.95. The molecule has 11 nitrogen and oxygen atoms in total. The highest BCUT2D eigenvalue weighted by atomic mass is 16.2. The quantitative estimate of drug-likeness (QED) is 0.386. The first-order valence-corrected chi connectivity index (χ1v) is 6.61. The van der Waals surface area contributed by atoms with Crippen LogP contribution < -0.4 is 16.0 Å². The van der Waals surface area contributed by atoms with Gasteiger partial charge in [0.25, 0.3) is 11.8 Å². The van der Waals surface area contributed by atoms with Crippen LogP contribution in [0.3, 0.4) is 0 Å². The van der Waals surface area contributed by atoms with E-state index in [0.717, 1.165) is 0 Å². The van der Waals surface area contributed by atoms with Crippen LogP contribution in [0.1, 0.15) is 34.8 Å². The predicted octanol–water partition coefficient (Wildman–Crippen LogP) is -1.59. The minimum Gasteiger partial charge on any atom is -0.327 e. The molecular formula is C11H17N9O2. The number of hydrogen-bond acceptors (Lipinski definition) is 7. The summed E-state index contributed by atoms with van der Waals surface area (Å²) in [5, 5.41) is 27.8. The smallest absolute Gasteiger partial charge is 0.275 e. The zero-order valence-corrected chi connectivity index (χ0v) is 12.2. The number of H-pyrrole nitrogens is 2. The Morgan fingerprint density at radius 3 is 1.95 bits per heavy atom. The molecule has 0 atom stereocenters. The van der Waals surface area contributed by atoms with E-state index in [1.165, 1.54) is 12.4 Å². The van der Waals surface area contributed by atoms with Crippen molar-refractivity contribution >= 4 is 11.8 Å². The van der Waals surface area contributed by atoms with Crippen LogP contribution in [0, 0.1) is 0 Å². The Bertz CT molecular complexity index is 559. The van der Waals surface area contributed by atoms with Crippen molar-refractivity contribution in [2.45, 2.75) is 19.5 Å². The summed E-state index contributed by atoms with van der Waals surface area (Å²) < 4.78 is 0. The minimum atomic E-state index is -1.04. The van der Waals surface area contributed by atoms with Crippen molar-refractivity contribution in [2.24, 2.45) is 0 Å². The van der Waals surface area contributed by atoms with Gasteiger partial charge in [-0.05, 0) is 13.5 Å². The third-order valence-electron chi connectivity index (χ3n) is 2.80. The Balaban J connectivity index is 2.09. The van der Waals surface area contributed by atoms with Gasteiger partial charge in [0.2, 0.25) is 0 Å². The standard InChI is InChI=1S/C11H17N9O2/c1-3-12-6-11(2,15-9(21)7-4-13-19-17-7)16-10(22)8-5-14-20-18-8/h4-5,12H,3,6H2,1-2H3,(H,15,21)(H,16,22)(H,13,17,19)(H,14,18,20). The third-order valence-corrected chi connectivity index (χ3v) is 2.80. The van der Waals surface area contributed by atoms with Crippen LogP contribution in [0.4, 0.5) is 0 Å². The summed E-state index contributed by atoms with van der Waals surface area (Å²) in [4.78, 5) is 24.2. The zero-order chi connectivity index (χ0) is 16.0. The van der Waals surface area contributed by atoms with Gasteiger partial charge in [0.1, 0.15) is 5.66 Å². The van der Waals surface area contributed by atoms with Crippen molar-refractivity contribution in [3.8, 4) is 0 Å². The van der Waals surface area contributed by atoms with Crippen molar-refractivity contribution in [1.82, 2.24) is 46.8 Å². The normalized spacial score (nSPS) is 11.2. The van der Waals surface area contributed by atoms with Crippen molar-refractivity contribution in [1.29, 1.82) is 0 Å². The van der Waals surface area contributed by atoms with Gasteiger partial charge < -0.3 is 16.0 Å². The van der Waals surface area contributed by atoms with E-state index in [0.29, 0.717) is 13.1 Å². The molecule has 0 unspecified atom stereocenters. The van der Waals surface area contributed by atoms with E-state index in [9.17, 15) is 9.59 Å². The van der Waals surface area contributed by atoms with E-state index < -0.39 is 17.5 Å². The monoisotopic (exact) mass is 307 g/mol. The Kier molecular flexibility index (Phi) is 4.78. The number of nitrogens with one attached hydrogen (secondary N) is 5. The van der Waals surface area contributed by atoms with Crippen LogP contribution in [0.15, 0.2) is 12.4 Å². The average Bonchev–Trinajstić information content (AvgIpc) is 3.17. The zero-order valence-electron chi connectivity index (χ0n) is 12.2. The fourth-order valence-electron chi connectivity index (χ4n) is 1.75. The Morgan fingerprint density at radius 2 is 1.59 bits per heavy atom. The number of aromatic nitrogens is 6. The van der Waals surface area contributed by atoms with E-state index >= 15 is 0 Å². The summed E-state index contributed by atoms with van der Waals surface area (Å²) in [6.07, 6.45) is 2.59. The van der Waals surface area contributed by atoms with Crippen molar-refractivity contribution in [2.75, 3.05) is 13.1 Å². The maximum atomic E-state index is 12.1. The first-order chi connectivity index (χ1) is 10.5. The topological polar surface area (TPSA) is 153 Å². The lowest BCUT2D eigenvalue weighted by Gasteiger charge is -2.31. The summed E-state index contributed by atoms with van der Waals surface area (Å²) in [5.41, 5.74) is -0.793. The van der Waals surface area contributed by atoms with Crippen molar-refractivity contribution in [3.63, 3.8) is 0 Å². The first-order valence-electron chi connectivity index (χ1n) is 6.61. The lowest BCUT2D eigenvalue weighted by Crippen LogP contribution is -2.63. The van der Waals surface area contributed by atoms with E-state index in [2.05, 4.69) is 46.8 Å². The van der Waals surface area contributed by atoms with E-state index in [-0.39, 0.29) is 11.4 Å². The van der Waals surface area contributed by atoms with Gasteiger partial charge in [0.05, 0.1) is 12.4 Å². The van der Waals surface area contributed by atoms with Crippen LogP contribution in [0.2, 0.25) is 0 Å². The highest BCUT2D eigenvalue weighted by Crippen LogP contribution is 2.03. The van der Waals surface area contributed by atoms with Crippen LogP contribution in [0.5, 0.6) is 0 Å². The van der Waals surface area contributed by atoms with Crippen molar-refractivity contribution < 1.29 is 9.59 Å². The summed E-state index contributed by atoms with van der Waals surface area (Å²) in [7, 11) is 0. The molecular weight excluding hydrogens is 290 g/mol. The number of aromatic amines is 2. The molecule has 2 rings (SSSR count). The lowest BCUT2D eigenvalue weighted by molar-refractivity contribution is 0.0812. The van der Waals surface area contributed by atoms with E-state index in [1.807, 2.05) is 6.92 Å². The molecule has 0 aromatic carbocycles. The highest BCUT2D eigenvalue weighted by Gasteiger charge is 2.30. The number of nitrogens with zero attached hydrogens (tertiary/aromatic N) is 4. The van der Waals surface area contributed by atoms with Crippen LogP contribution in [-0.2, 0) is 0 Å². The van der Waals surface area contributed by atoms with Crippen LogP contribution in [0.25, 0.3) is 0 Å². The number of rotatable bonds is 7. The maximum absolute atomic E-state index is 12.1. The van der Waals surface area contributed by atoms with Gasteiger partial charge in [-0.2, -0.15) is 30.8 Å². The molecule has 2 amide bonds. The molecule has 0 aliphatic heterocycles. The summed E-state index contributed by atoms with van der Waals surface area (Å²) in [6.45, 7) is 4.58. The van der Waals surface area contributed by atoms with Gasteiger partial charge in [0.15, 0.2) is 11.4 Å². The lowest BCUT2D eigenvalue weighted by atomic mass is 10.1. The molecule has 2 aromatic heterocycles. The number of amides is 2. The summed E-state index contributed by atoms with van der Waals surface area (Å²) in [5.74, 6) is -0.927.